The number of hydrogen-bond donors (Lipinski definition) is 1. The second-order valence-electron chi connectivity index (χ2n) is 8.24. The van der Waals surface area contributed by atoms with E-state index in [1.54, 1.807) is 0 Å². The number of nitrogens with zero attached hydrogens (tertiary/aromatic N) is 5. The lowest BCUT2D eigenvalue weighted by Crippen LogP contribution is -2.48. The van der Waals surface area contributed by atoms with Crippen LogP contribution in [0.4, 0.5) is 5.69 Å². The van der Waals surface area contributed by atoms with Crippen molar-refractivity contribution in [3.05, 3.63) is 48.2 Å². The van der Waals surface area contributed by atoms with Gasteiger partial charge in [-0.05, 0) is 43.7 Å². The quantitative estimate of drug-likeness (QED) is 0.689. The van der Waals surface area contributed by atoms with Gasteiger partial charge in [-0.2, -0.15) is 0 Å². The lowest BCUT2D eigenvalue weighted by molar-refractivity contribution is -0.117. The molecule has 5 rings (SSSR count). The summed E-state index contributed by atoms with van der Waals surface area (Å²) >= 11 is 0. The van der Waals surface area contributed by atoms with Gasteiger partial charge < -0.3 is 15.1 Å². The molecule has 0 atom stereocenters. The molecule has 3 aromatic rings. The minimum absolute atomic E-state index is 0.0663. The third-order valence-electron chi connectivity index (χ3n) is 6.11. The van der Waals surface area contributed by atoms with Crippen molar-refractivity contribution < 1.29 is 9.59 Å². The Bertz CT molecular complexity index is 1110. The molecule has 1 aliphatic heterocycles. The molecule has 0 unspecified atom stereocenters. The first-order valence-corrected chi connectivity index (χ1v) is 10.9. The average molecular weight is 419 g/mol. The van der Waals surface area contributed by atoms with E-state index in [2.05, 4.69) is 27.3 Å². The number of amides is 2. The molecule has 1 saturated heterocycles. The van der Waals surface area contributed by atoms with E-state index in [0.717, 1.165) is 56.8 Å². The highest BCUT2D eigenvalue weighted by Crippen LogP contribution is 2.30. The summed E-state index contributed by atoms with van der Waals surface area (Å²) in [6.45, 7) is 6.54. The number of anilines is 1. The molecule has 0 bridgehead atoms. The minimum Gasteiger partial charge on any atom is -0.336 e. The maximum atomic E-state index is 12.8. The third-order valence-corrected chi connectivity index (χ3v) is 6.11. The van der Waals surface area contributed by atoms with Gasteiger partial charge in [0, 0.05) is 49.4 Å². The SMILES string of the molecule is CCN1CCN(C(=O)c2ccc(-c3nnc4ccc(NC(=O)C5CC5)cn34)cc2)CC1. The molecule has 0 radical (unpaired) electrons. The smallest absolute Gasteiger partial charge is 0.253 e. The van der Waals surface area contributed by atoms with Crippen LogP contribution >= 0.6 is 0 Å². The summed E-state index contributed by atoms with van der Waals surface area (Å²) in [5.74, 6) is 0.953. The summed E-state index contributed by atoms with van der Waals surface area (Å²) in [5, 5.41) is 11.5. The topological polar surface area (TPSA) is 82.8 Å². The number of nitrogens with one attached hydrogen (secondary N) is 1. The number of rotatable bonds is 5. The minimum atomic E-state index is 0.0663. The largest absolute Gasteiger partial charge is 0.336 e. The number of aromatic nitrogens is 3. The molecular weight excluding hydrogens is 392 g/mol. The van der Waals surface area contributed by atoms with Crippen molar-refractivity contribution in [1.82, 2.24) is 24.4 Å². The molecule has 160 valence electrons. The molecule has 2 fully saturated rings. The number of carbonyl (C=O) groups excluding carboxylic acids is 2. The van der Waals surface area contributed by atoms with Crippen LogP contribution in [0.2, 0.25) is 0 Å². The summed E-state index contributed by atoms with van der Waals surface area (Å²) in [7, 11) is 0. The van der Waals surface area contributed by atoms with Gasteiger partial charge in [-0.15, -0.1) is 10.2 Å². The van der Waals surface area contributed by atoms with Crippen molar-refractivity contribution in [1.29, 1.82) is 0 Å². The molecule has 8 nitrogen and oxygen atoms in total. The van der Waals surface area contributed by atoms with Crippen molar-refractivity contribution >= 4 is 23.1 Å². The van der Waals surface area contributed by atoms with Gasteiger partial charge in [0.15, 0.2) is 11.5 Å². The molecule has 1 N–H and O–H groups in total. The van der Waals surface area contributed by atoms with Crippen LogP contribution in [0.3, 0.4) is 0 Å². The predicted molar refractivity (Wildman–Crippen MR) is 118 cm³/mol. The predicted octanol–water partition coefficient (Wildman–Crippen LogP) is 2.52. The maximum absolute atomic E-state index is 12.8. The van der Waals surface area contributed by atoms with E-state index in [4.69, 9.17) is 0 Å². The molecule has 2 aromatic heterocycles. The number of carbonyl (C=O) groups is 2. The summed E-state index contributed by atoms with van der Waals surface area (Å²) in [4.78, 5) is 29.2. The highest BCUT2D eigenvalue weighted by molar-refractivity contribution is 5.95. The van der Waals surface area contributed by atoms with Gasteiger partial charge in [-0.25, -0.2) is 0 Å². The van der Waals surface area contributed by atoms with Crippen molar-refractivity contribution in [2.75, 3.05) is 38.0 Å². The zero-order valence-electron chi connectivity index (χ0n) is 17.6. The van der Waals surface area contributed by atoms with Crippen molar-refractivity contribution in [3.8, 4) is 11.4 Å². The normalized spacial score (nSPS) is 17.1. The Hall–Kier alpha value is -3.26. The van der Waals surface area contributed by atoms with Crippen molar-refractivity contribution in [2.24, 2.45) is 5.92 Å². The van der Waals surface area contributed by atoms with Crippen LogP contribution in [0, 0.1) is 5.92 Å². The highest BCUT2D eigenvalue weighted by Gasteiger charge is 2.29. The first-order valence-electron chi connectivity index (χ1n) is 10.9. The van der Waals surface area contributed by atoms with E-state index < -0.39 is 0 Å². The van der Waals surface area contributed by atoms with E-state index >= 15 is 0 Å². The fourth-order valence-electron chi connectivity index (χ4n) is 3.96. The van der Waals surface area contributed by atoms with Gasteiger partial charge in [0.05, 0.1) is 5.69 Å². The Labute approximate surface area is 180 Å². The second-order valence-corrected chi connectivity index (χ2v) is 8.24. The maximum Gasteiger partial charge on any atom is 0.253 e. The summed E-state index contributed by atoms with van der Waals surface area (Å²) in [6, 6.07) is 11.2. The van der Waals surface area contributed by atoms with Crippen LogP contribution in [-0.4, -0.2) is 68.9 Å². The standard InChI is InChI=1S/C23H26N6O2/c1-2-27-11-13-28(14-12-27)23(31)18-7-3-16(4-8-18)21-26-25-20-10-9-19(15-29(20)21)24-22(30)17-5-6-17/h3-4,7-10,15,17H,2,5-6,11-14H2,1H3,(H,24,30). The van der Waals surface area contributed by atoms with E-state index in [1.165, 1.54) is 0 Å². The molecule has 8 heteroatoms. The van der Waals surface area contributed by atoms with E-state index in [0.29, 0.717) is 17.0 Å². The molecule has 31 heavy (non-hydrogen) atoms. The molecule has 1 aliphatic carbocycles. The number of benzene rings is 1. The van der Waals surface area contributed by atoms with Crippen LogP contribution in [0.5, 0.6) is 0 Å². The van der Waals surface area contributed by atoms with Crippen LogP contribution in [0.1, 0.15) is 30.1 Å². The van der Waals surface area contributed by atoms with E-state index in [-0.39, 0.29) is 17.7 Å². The zero-order valence-corrected chi connectivity index (χ0v) is 17.6. The number of hydrogen-bond acceptors (Lipinski definition) is 5. The van der Waals surface area contributed by atoms with Crippen LogP contribution in [0.25, 0.3) is 17.0 Å². The zero-order chi connectivity index (χ0) is 21.4. The Morgan fingerprint density at radius 2 is 1.74 bits per heavy atom. The molecule has 2 amide bonds. The molecule has 1 aromatic carbocycles. The van der Waals surface area contributed by atoms with Crippen molar-refractivity contribution in [3.63, 3.8) is 0 Å². The first-order chi connectivity index (χ1) is 15.1. The summed E-state index contributed by atoms with van der Waals surface area (Å²) < 4.78 is 1.86. The monoisotopic (exact) mass is 418 g/mol. The number of piperazine rings is 1. The number of likely N-dealkylation sites (N-methyl/N-ethyl adjacent to an activating group) is 1. The van der Waals surface area contributed by atoms with Gasteiger partial charge in [0.2, 0.25) is 5.91 Å². The first kappa shape index (κ1) is 19.7. The lowest BCUT2D eigenvalue weighted by Gasteiger charge is -2.34. The van der Waals surface area contributed by atoms with Crippen LogP contribution in [-0.2, 0) is 4.79 Å². The number of pyridine rings is 1. The Kier molecular flexibility index (Phi) is 5.15. The number of fused-ring (bicyclic) bond motifs is 1. The molecule has 1 saturated carbocycles. The van der Waals surface area contributed by atoms with E-state index in [9.17, 15) is 9.59 Å². The highest BCUT2D eigenvalue weighted by atomic mass is 16.2. The Morgan fingerprint density at radius 1 is 1.00 bits per heavy atom. The van der Waals surface area contributed by atoms with Gasteiger partial charge in [-0.3, -0.25) is 14.0 Å². The molecule has 0 spiro atoms. The van der Waals surface area contributed by atoms with Gasteiger partial charge in [-0.1, -0.05) is 19.1 Å². The Balaban J connectivity index is 1.34. The van der Waals surface area contributed by atoms with E-state index in [1.807, 2.05) is 51.9 Å². The Morgan fingerprint density at radius 3 is 2.42 bits per heavy atom. The molecule has 3 heterocycles. The fraction of sp³-hybridized carbons (Fsp3) is 0.391. The fourth-order valence-corrected chi connectivity index (χ4v) is 3.96. The lowest BCUT2D eigenvalue weighted by atomic mass is 10.1. The van der Waals surface area contributed by atoms with Crippen LogP contribution in [0.15, 0.2) is 42.6 Å². The third kappa shape index (κ3) is 4.03. The van der Waals surface area contributed by atoms with Gasteiger partial charge in [0.1, 0.15) is 0 Å². The second kappa shape index (κ2) is 8.11. The van der Waals surface area contributed by atoms with Crippen LogP contribution < -0.4 is 5.32 Å². The molecular formula is C23H26N6O2. The van der Waals surface area contributed by atoms with Gasteiger partial charge in [0.25, 0.3) is 5.91 Å². The van der Waals surface area contributed by atoms with Crippen molar-refractivity contribution in [2.45, 2.75) is 19.8 Å². The molecule has 2 aliphatic rings. The van der Waals surface area contributed by atoms with Gasteiger partial charge >= 0.3 is 0 Å². The summed E-state index contributed by atoms with van der Waals surface area (Å²) in [5.41, 5.74) is 2.97. The summed E-state index contributed by atoms with van der Waals surface area (Å²) in [6.07, 6.45) is 3.77. The average Bonchev–Trinajstić information content (AvgIpc) is 3.59.